The third-order valence-corrected chi connectivity index (χ3v) is 3.87. The molecule has 3 nitrogen and oxygen atoms in total. The fourth-order valence-corrected chi connectivity index (χ4v) is 2.85. The van der Waals surface area contributed by atoms with Crippen molar-refractivity contribution in [3.63, 3.8) is 0 Å². The minimum atomic E-state index is 0.137. The van der Waals surface area contributed by atoms with Crippen molar-refractivity contribution < 1.29 is 4.42 Å². The van der Waals surface area contributed by atoms with Crippen molar-refractivity contribution in [2.24, 2.45) is 0 Å². The van der Waals surface area contributed by atoms with Gasteiger partial charge in [-0.25, -0.2) is 4.98 Å². The minimum Gasteiger partial charge on any atom is -0.440 e. The number of aryl methyl sites for hydroxylation is 1. The second kappa shape index (κ2) is 5.88. The maximum atomic E-state index is 5.84. The molecule has 0 aliphatic carbocycles. The molecular formula is C15H22N2OS. The number of hydrogen-bond acceptors (Lipinski definition) is 4. The number of thiophene rings is 1. The van der Waals surface area contributed by atoms with E-state index in [0.29, 0.717) is 0 Å². The second-order valence-corrected chi connectivity index (χ2v) is 6.59. The molecule has 0 fully saturated rings. The number of oxazole rings is 1. The SMILES string of the molecule is CCc1ccsc1-c1cnc(CCNC(C)(C)C)o1. The predicted molar refractivity (Wildman–Crippen MR) is 80.7 cm³/mol. The first-order valence-electron chi connectivity index (χ1n) is 6.76. The van der Waals surface area contributed by atoms with Gasteiger partial charge < -0.3 is 9.73 Å². The number of nitrogens with zero attached hydrogens (tertiary/aromatic N) is 1. The Hall–Kier alpha value is -1.13. The Morgan fingerprint density at radius 2 is 2.16 bits per heavy atom. The quantitative estimate of drug-likeness (QED) is 0.901. The van der Waals surface area contributed by atoms with Crippen LogP contribution in [0.3, 0.4) is 0 Å². The molecule has 0 amide bonds. The molecule has 4 heteroatoms. The van der Waals surface area contributed by atoms with Crippen molar-refractivity contribution in [2.75, 3.05) is 6.54 Å². The van der Waals surface area contributed by atoms with Crippen LogP contribution in [0.1, 0.15) is 39.1 Å². The highest BCUT2D eigenvalue weighted by Gasteiger charge is 2.12. The molecule has 2 aromatic heterocycles. The van der Waals surface area contributed by atoms with Crippen LogP contribution >= 0.6 is 11.3 Å². The maximum Gasteiger partial charge on any atom is 0.196 e. The lowest BCUT2D eigenvalue weighted by Crippen LogP contribution is -2.37. The molecule has 2 rings (SSSR count). The van der Waals surface area contributed by atoms with Crippen LogP contribution in [0.4, 0.5) is 0 Å². The maximum absolute atomic E-state index is 5.84. The minimum absolute atomic E-state index is 0.137. The lowest BCUT2D eigenvalue weighted by Gasteiger charge is -2.19. The molecule has 0 aliphatic rings. The van der Waals surface area contributed by atoms with Gasteiger partial charge in [0.1, 0.15) is 0 Å². The van der Waals surface area contributed by atoms with E-state index < -0.39 is 0 Å². The molecule has 0 unspecified atom stereocenters. The van der Waals surface area contributed by atoms with Crippen LogP contribution in [0.2, 0.25) is 0 Å². The normalized spacial score (nSPS) is 12.0. The van der Waals surface area contributed by atoms with Crippen LogP contribution in [0.25, 0.3) is 10.6 Å². The molecule has 104 valence electrons. The Bertz CT molecular complexity index is 522. The molecule has 0 saturated heterocycles. The van der Waals surface area contributed by atoms with E-state index in [9.17, 15) is 0 Å². The molecule has 19 heavy (non-hydrogen) atoms. The standard InChI is InChI=1S/C15H22N2OS/c1-5-11-7-9-19-14(11)12-10-16-13(18-12)6-8-17-15(2,3)4/h7,9-10,17H,5-6,8H2,1-4H3. The Kier molecular flexibility index (Phi) is 4.42. The summed E-state index contributed by atoms with van der Waals surface area (Å²) in [6.07, 6.45) is 3.70. The van der Waals surface area contributed by atoms with E-state index in [1.54, 1.807) is 11.3 Å². The number of nitrogens with one attached hydrogen (secondary N) is 1. The molecule has 2 aromatic rings. The average molecular weight is 278 g/mol. The average Bonchev–Trinajstić information content (AvgIpc) is 2.93. The molecule has 0 aromatic carbocycles. The van der Waals surface area contributed by atoms with Gasteiger partial charge in [0, 0.05) is 18.5 Å². The highest BCUT2D eigenvalue weighted by atomic mass is 32.1. The second-order valence-electron chi connectivity index (χ2n) is 5.67. The first kappa shape index (κ1) is 14.3. The number of aromatic nitrogens is 1. The van der Waals surface area contributed by atoms with Crippen LogP contribution < -0.4 is 5.32 Å². The first-order valence-corrected chi connectivity index (χ1v) is 7.64. The Morgan fingerprint density at radius 3 is 2.84 bits per heavy atom. The van der Waals surface area contributed by atoms with E-state index in [4.69, 9.17) is 4.42 Å². The largest absolute Gasteiger partial charge is 0.440 e. The topological polar surface area (TPSA) is 38.1 Å². The fourth-order valence-electron chi connectivity index (χ4n) is 1.91. The van der Waals surface area contributed by atoms with Gasteiger partial charge in [-0.2, -0.15) is 0 Å². The van der Waals surface area contributed by atoms with E-state index in [1.807, 2.05) is 6.20 Å². The molecule has 0 saturated carbocycles. The van der Waals surface area contributed by atoms with Crippen molar-refractivity contribution >= 4 is 11.3 Å². The van der Waals surface area contributed by atoms with Crippen LogP contribution in [-0.4, -0.2) is 17.1 Å². The van der Waals surface area contributed by atoms with Crippen LogP contribution in [-0.2, 0) is 12.8 Å². The highest BCUT2D eigenvalue weighted by Crippen LogP contribution is 2.30. The van der Waals surface area contributed by atoms with Crippen molar-refractivity contribution in [1.82, 2.24) is 10.3 Å². The lowest BCUT2D eigenvalue weighted by atomic mass is 10.1. The van der Waals surface area contributed by atoms with E-state index in [-0.39, 0.29) is 5.54 Å². The van der Waals surface area contributed by atoms with Gasteiger partial charge in [-0.05, 0) is 44.2 Å². The first-order chi connectivity index (χ1) is 8.99. The zero-order valence-electron chi connectivity index (χ0n) is 12.1. The van der Waals surface area contributed by atoms with Gasteiger partial charge in [0.25, 0.3) is 0 Å². The van der Waals surface area contributed by atoms with Crippen LogP contribution in [0, 0.1) is 0 Å². The summed E-state index contributed by atoms with van der Waals surface area (Å²) in [5, 5.41) is 5.55. The summed E-state index contributed by atoms with van der Waals surface area (Å²) in [5.74, 6) is 1.71. The molecule has 0 spiro atoms. The Balaban J connectivity index is 2.00. The van der Waals surface area contributed by atoms with Gasteiger partial charge in [-0.15, -0.1) is 11.3 Å². The predicted octanol–water partition coefficient (Wildman–Crippen LogP) is 3.90. The van der Waals surface area contributed by atoms with E-state index in [2.05, 4.69) is 49.4 Å². The highest BCUT2D eigenvalue weighted by molar-refractivity contribution is 7.13. The summed E-state index contributed by atoms with van der Waals surface area (Å²) in [4.78, 5) is 5.58. The van der Waals surface area contributed by atoms with Gasteiger partial charge in [0.05, 0.1) is 11.1 Å². The Labute approximate surface area is 119 Å². The van der Waals surface area contributed by atoms with Crippen molar-refractivity contribution in [3.05, 3.63) is 29.1 Å². The van der Waals surface area contributed by atoms with Crippen molar-refractivity contribution in [2.45, 2.75) is 46.1 Å². The van der Waals surface area contributed by atoms with Crippen LogP contribution in [0.5, 0.6) is 0 Å². The summed E-state index contributed by atoms with van der Waals surface area (Å²) >= 11 is 1.72. The fraction of sp³-hybridized carbons (Fsp3) is 0.533. The van der Waals surface area contributed by atoms with Gasteiger partial charge in [-0.3, -0.25) is 0 Å². The molecule has 0 aliphatic heterocycles. The lowest BCUT2D eigenvalue weighted by molar-refractivity contribution is 0.412. The van der Waals surface area contributed by atoms with Gasteiger partial charge >= 0.3 is 0 Å². The third kappa shape index (κ3) is 3.91. The third-order valence-electron chi connectivity index (χ3n) is 2.90. The smallest absolute Gasteiger partial charge is 0.196 e. The van der Waals surface area contributed by atoms with Gasteiger partial charge in [0.15, 0.2) is 11.7 Å². The molecule has 0 bridgehead atoms. The van der Waals surface area contributed by atoms with Crippen LogP contribution in [0.15, 0.2) is 22.1 Å². The monoisotopic (exact) mass is 278 g/mol. The number of hydrogen-bond donors (Lipinski definition) is 1. The molecule has 1 N–H and O–H groups in total. The van der Waals surface area contributed by atoms with Crippen molar-refractivity contribution in [1.29, 1.82) is 0 Å². The van der Waals surface area contributed by atoms with E-state index >= 15 is 0 Å². The number of rotatable bonds is 5. The summed E-state index contributed by atoms with van der Waals surface area (Å²) in [7, 11) is 0. The van der Waals surface area contributed by atoms with Gasteiger partial charge in [-0.1, -0.05) is 6.92 Å². The zero-order chi connectivity index (χ0) is 13.9. The molecule has 0 radical (unpaired) electrons. The molecule has 2 heterocycles. The molecule has 0 atom stereocenters. The summed E-state index contributed by atoms with van der Waals surface area (Å²) in [6.45, 7) is 9.53. The van der Waals surface area contributed by atoms with E-state index in [1.165, 1.54) is 10.4 Å². The van der Waals surface area contributed by atoms with E-state index in [0.717, 1.165) is 31.0 Å². The summed E-state index contributed by atoms with van der Waals surface area (Å²) in [5.41, 5.74) is 1.47. The summed E-state index contributed by atoms with van der Waals surface area (Å²) in [6, 6.07) is 2.16. The zero-order valence-corrected chi connectivity index (χ0v) is 12.9. The molecular weight excluding hydrogens is 256 g/mol. The van der Waals surface area contributed by atoms with Crippen molar-refractivity contribution in [3.8, 4) is 10.6 Å². The Morgan fingerprint density at radius 1 is 1.37 bits per heavy atom. The van der Waals surface area contributed by atoms with Gasteiger partial charge in [0.2, 0.25) is 0 Å². The summed E-state index contributed by atoms with van der Waals surface area (Å²) < 4.78 is 5.84.